The van der Waals surface area contributed by atoms with Crippen molar-refractivity contribution in [2.24, 2.45) is 0 Å². The fourth-order valence-electron chi connectivity index (χ4n) is 3.85. The largest absolute Gasteiger partial charge is 0.452 e. The highest BCUT2D eigenvalue weighted by Crippen LogP contribution is 2.19. The van der Waals surface area contributed by atoms with Gasteiger partial charge in [0.15, 0.2) is 6.61 Å². The zero-order chi connectivity index (χ0) is 20.2. The first-order chi connectivity index (χ1) is 14.1. The predicted octanol–water partition coefficient (Wildman–Crippen LogP) is 2.55. The summed E-state index contributed by atoms with van der Waals surface area (Å²) in [7, 11) is 0. The van der Waals surface area contributed by atoms with Crippen LogP contribution in [0.1, 0.15) is 39.9 Å². The van der Waals surface area contributed by atoms with Crippen molar-refractivity contribution in [3.63, 3.8) is 0 Å². The number of hydrogen-bond acceptors (Lipinski definition) is 4. The Balaban J connectivity index is 1.28. The molecule has 0 bridgehead atoms. The number of hydrogen-bond donors (Lipinski definition) is 0. The van der Waals surface area contributed by atoms with Crippen molar-refractivity contribution < 1.29 is 19.1 Å². The average Bonchev–Trinajstić information content (AvgIpc) is 3.16. The molecule has 0 radical (unpaired) electrons. The zero-order valence-corrected chi connectivity index (χ0v) is 16.3. The first-order valence-electron chi connectivity index (χ1n) is 9.98. The predicted molar refractivity (Wildman–Crippen MR) is 107 cm³/mol. The van der Waals surface area contributed by atoms with Crippen LogP contribution in [0.5, 0.6) is 0 Å². The Bertz CT molecular complexity index is 923. The summed E-state index contributed by atoms with van der Waals surface area (Å²) in [5, 5.41) is 0. The van der Waals surface area contributed by atoms with Gasteiger partial charge in [-0.1, -0.05) is 36.4 Å². The summed E-state index contributed by atoms with van der Waals surface area (Å²) >= 11 is 0. The van der Waals surface area contributed by atoms with E-state index in [0.717, 1.165) is 30.5 Å². The van der Waals surface area contributed by atoms with Gasteiger partial charge in [0.2, 0.25) is 5.91 Å². The van der Waals surface area contributed by atoms with E-state index >= 15 is 0 Å². The van der Waals surface area contributed by atoms with E-state index in [2.05, 4.69) is 6.07 Å². The molecule has 2 aliphatic rings. The molecule has 0 saturated carbocycles. The van der Waals surface area contributed by atoms with Crippen LogP contribution in [-0.4, -0.2) is 47.3 Å². The van der Waals surface area contributed by atoms with Crippen LogP contribution >= 0.6 is 0 Å². The monoisotopic (exact) mass is 392 g/mol. The Morgan fingerprint density at radius 3 is 2.41 bits per heavy atom. The van der Waals surface area contributed by atoms with E-state index in [1.165, 1.54) is 5.56 Å². The maximum atomic E-state index is 12.4. The summed E-state index contributed by atoms with van der Waals surface area (Å²) in [6, 6.07) is 15.1. The minimum absolute atomic E-state index is 0.173. The van der Waals surface area contributed by atoms with E-state index in [4.69, 9.17) is 4.74 Å². The minimum Gasteiger partial charge on any atom is -0.452 e. The molecule has 4 rings (SSSR count). The van der Waals surface area contributed by atoms with Gasteiger partial charge >= 0.3 is 5.97 Å². The van der Waals surface area contributed by atoms with Crippen LogP contribution in [0, 0.1) is 0 Å². The van der Waals surface area contributed by atoms with Crippen LogP contribution in [-0.2, 0) is 33.8 Å². The zero-order valence-electron chi connectivity index (χ0n) is 16.3. The first-order valence-corrected chi connectivity index (χ1v) is 9.98. The molecule has 0 aliphatic carbocycles. The molecule has 29 heavy (non-hydrogen) atoms. The molecule has 6 heteroatoms. The lowest BCUT2D eigenvalue weighted by atomic mass is 10.00. The quantitative estimate of drug-likeness (QED) is 0.734. The minimum atomic E-state index is -0.514. The summed E-state index contributed by atoms with van der Waals surface area (Å²) in [4.78, 5) is 40.0. The number of likely N-dealkylation sites (tertiary alicyclic amines) is 1. The maximum absolute atomic E-state index is 12.4. The topological polar surface area (TPSA) is 66.9 Å². The van der Waals surface area contributed by atoms with Gasteiger partial charge in [0.05, 0.1) is 5.56 Å². The highest BCUT2D eigenvalue weighted by atomic mass is 16.5. The normalized spacial score (nSPS) is 15.9. The average molecular weight is 392 g/mol. The second kappa shape index (κ2) is 8.47. The molecule has 0 unspecified atom stereocenters. The Kier molecular flexibility index (Phi) is 5.60. The third-order valence-electron chi connectivity index (χ3n) is 5.54. The van der Waals surface area contributed by atoms with Crippen molar-refractivity contribution in [1.29, 1.82) is 0 Å². The summed E-state index contributed by atoms with van der Waals surface area (Å²) in [5.74, 6) is -0.524. The van der Waals surface area contributed by atoms with Crippen molar-refractivity contribution in [2.75, 3.05) is 19.7 Å². The Morgan fingerprint density at radius 2 is 1.69 bits per heavy atom. The van der Waals surface area contributed by atoms with Gasteiger partial charge in [0, 0.05) is 32.6 Å². The van der Waals surface area contributed by atoms with Crippen LogP contribution in [0.3, 0.4) is 0 Å². The van der Waals surface area contributed by atoms with Crippen LogP contribution in [0.15, 0.2) is 48.5 Å². The van der Waals surface area contributed by atoms with E-state index in [9.17, 15) is 14.4 Å². The Morgan fingerprint density at radius 1 is 0.931 bits per heavy atom. The van der Waals surface area contributed by atoms with E-state index in [-0.39, 0.29) is 18.4 Å². The summed E-state index contributed by atoms with van der Waals surface area (Å²) in [5.41, 5.74) is 3.79. The highest BCUT2D eigenvalue weighted by Gasteiger charge is 2.22. The van der Waals surface area contributed by atoms with E-state index < -0.39 is 5.97 Å². The van der Waals surface area contributed by atoms with Gasteiger partial charge in [-0.15, -0.1) is 0 Å². The standard InChI is InChI=1S/C23H24N2O4/c26-21-6-3-12-24(21)14-17-7-9-19(10-8-17)23(28)29-16-22(27)25-13-11-18-4-1-2-5-20(18)15-25/h1-2,4-5,7-10H,3,6,11-16H2. The van der Waals surface area contributed by atoms with Crippen LogP contribution in [0.25, 0.3) is 0 Å². The van der Waals surface area contributed by atoms with Crippen LogP contribution < -0.4 is 0 Å². The lowest BCUT2D eigenvalue weighted by molar-refractivity contribution is -0.135. The molecule has 1 fully saturated rings. The number of carbonyl (C=O) groups excluding carboxylic acids is 3. The molecule has 2 aromatic carbocycles. The Hall–Kier alpha value is -3.15. The van der Waals surface area contributed by atoms with Crippen molar-refractivity contribution in [3.05, 3.63) is 70.8 Å². The molecule has 6 nitrogen and oxygen atoms in total. The third-order valence-corrected chi connectivity index (χ3v) is 5.54. The lowest BCUT2D eigenvalue weighted by Gasteiger charge is -2.28. The van der Waals surface area contributed by atoms with Crippen molar-refractivity contribution in [1.82, 2.24) is 9.80 Å². The van der Waals surface area contributed by atoms with Crippen molar-refractivity contribution >= 4 is 17.8 Å². The van der Waals surface area contributed by atoms with E-state index in [0.29, 0.717) is 31.6 Å². The fourth-order valence-corrected chi connectivity index (χ4v) is 3.85. The number of benzene rings is 2. The second-order valence-corrected chi connectivity index (χ2v) is 7.53. The molecule has 0 aromatic heterocycles. The summed E-state index contributed by atoms with van der Waals surface area (Å²) < 4.78 is 5.23. The van der Waals surface area contributed by atoms with Gasteiger partial charge in [-0.05, 0) is 41.7 Å². The van der Waals surface area contributed by atoms with Crippen LogP contribution in [0.4, 0.5) is 0 Å². The third kappa shape index (κ3) is 4.47. The molecule has 2 heterocycles. The molecule has 0 spiro atoms. The first kappa shape index (κ1) is 19.2. The van der Waals surface area contributed by atoms with Crippen LogP contribution in [0.2, 0.25) is 0 Å². The van der Waals surface area contributed by atoms with E-state index in [1.807, 2.05) is 35.2 Å². The van der Waals surface area contributed by atoms with Gasteiger partial charge < -0.3 is 14.5 Å². The lowest BCUT2D eigenvalue weighted by Crippen LogP contribution is -2.38. The fraction of sp³-hybridized carbons (Fsp3) is 0.348. The Labute approximate surface area is 170 Å². The molecule has 0 N–H and O–H groups in total. The molecule has 2 aromatic rings. The molecular weight excluding hydrogens is 368 g/mol. The summed E-state index contributed by atoms with van der Waals surface area (Å²) in [6.45, 7) is 2.27. The van der Waals surface area contributed by atoms with Gasteiger partial charge in [0.1, 0.15) is 0 Å². The number of carbonyl (C=O) groups is 3. The van der Waals surface area contributed by atoms with Gasteiger partial charge in [-0.2, -0.15) is 0 Å². The van der Waals surface area contributed by atoms with Crippen molar-refractivity contribution in [3.8, 4) is 0 Å². The number of esters is 1. The van der Waals surface area contributed by atoms with Gasteiger partial charge in [-0.3, -0.25) is 9.59 Å². The number of ether oxygens (including phenoxy) is 1. The second-order valence-electron chi connectivity index (χ2n) is 7.53. The molecule has 150 valence electrons. The smallest absolute Gasteiger partial charge is 0.338 e. The molecule has 2 amide bonds. The number of fused-ring (bicyclic) bond motifs is 1. The number of rotatable bonds is 5. The van der Waals surface area contributed by atoms with E-state index in [1.54, 1.807) is 17.0 Å². The molecule has 1 saturated heterocycles. The van der Waals surface area contributed by atoms with Gasteiger partial charge in [0.25, 0.3) is 5.91 Å². The van der Waals surface area contributed by atoms with Crippen molar-refractivity contribution in [2.45, 2.75) is 32.4 Å². The molecule has 0 atom stereocenters. The highest BCUT2D eigenvalue weighted by molar-refractivity contribution is 5.91. The maximum Gasteiger partial charge on any atom is 0.338 e. The molecular formula is C23H24N2O4. The number of amides is 2. The SMILES string of the molecule is O=C(OCC(=O)N1CCc2ccccc2C1)c1ccc(CN2CCCC2=O)cc1. The molecule has 2 aliphatic heterocycles. The van der Waals surface area contributed by atoms with Gasteiger partial charge in [-0.25, -0.2) is 4.79 Å². The number of nitrogens with zero attached hydrogens (tertiary/aromatic N) is 2. The summed E-state index contributed by atoms with van der Waals surface area (Å²) in [6.07, 6.45) is 2.33.